The largest absolute Gasteiger partial charge is 0.492 e. The molecule has 1 fully saturated rings. The molecule has 2 heterocycles. The number of carbonyl (C=O) groups excluding carboxylic acids is 1. The standard InChI is InChI=1S/C26H30N2O6/c1-18-2-7-24-20(14-18)16-22(26(30)34-24)17-21(25(29)27-31)15-19-3-5-23(6-4-19)33-13-10-28-8-11-32-12-9-28/h2-7,14,16,21,31H,8-13,15,17H2,1H3,(H,27,29). The SMILES string of the molecule is Cc1ccc2oc(=O)c(CC(Cc3ccc(OCCN4CCOCC4)cc3)C(=O)NO)cc2c1. The fourth-order valence-electron chi connectivity index (χ4n) is 4.17. The first-order chi connectivity index (χ1) is 16.5. The van der Waals surface area contributed by atoms with E-state index in [0.717, 1.165) is 55.1 Å². The Kier molecular flexibility index (Phi) is 7.95. The number of nitrogens with zero attached hydrogens (tertiary/aromatic N) is 1. The molecule has 8 heteroatoms. The number of hydrogen-bond acceptors (Lipinski definition) is 7. The highest BCUT2D eigenvalue weighted by Gasteiger charge is 2.22. The van der Waals surface area contributed by atoms with Crippen LogP contribution in [0.4, 0.5) is 0 Å². The number of morpholine rings is 1. The Morgan fingerprint density at radius 2 is 1.88 bits per heavy atom. The molecule has 1 unspecified atom stereocenters. The minimum Gasteiger partial charge on any atom is -0.492 e. The average Bonchev–Trinajstić information content (AvgIpc) is 2.85. The minimum absolute atomic E-state index is 0.149. The van der Waals surface area contributed by atoms with Gasteiger partial charge < -0.3 is 13.9 Å². The van der Waals surface area contributed by atoms with Crippen LogP contribution in [0.25, 0.3) is 11.0 Å². The van der Waals surface area contributed by atoms with E-state index in [1.54, 1.807) is 17.6 Å². The van der Waals surface area contributed by atoms with Crippen molar-refractivity contribution in [2.75, 3.05) is 39.5 Å². The summed E-state index contributed by atoms with van der Waals surface area (Å²) >= 11 is 0. The van der Waals surface area contributed by atoms with E-state index in [1.807, 2.05) is 43.3 Å². The normalized spacial score (nSPS) is 15.2. The number of carbonyl (C=O) groups is 1. The van der Waals surface area contributed by atoms with Crippen LogP contribution in [-0.4, -0.2) is 55.5 Å². The maximum absolute atomic E-state index is 12.5. The molecule has 2 N–H and O–H groups in total. The van der Waals surface area contributed by atoms with Gasteiger partial charge in [0.2, 0.25) is 5.91 Å². The lowest BCUT2D eigenvalue weighted by molar-refractivity contribution is -0.133. The van der Waals surface area contributed by atoms with Crippen LogP contribution in [0.3, 0.4) is 0 Å². The third-order valence-corrected chi connectivity index (χ3v) is 6.09. The van der Waals surface area contributed by atoms with Crippen LogP contribution in [0, 0.1) is 12.8 Å². The van der Waals surface area contributed by atoms with E-state index in [9.17, 15) is 14.8 Å². The van der Waals surface area contributed by atoms with E-state index in [2.05, 4.69) is 4.90 Å². The lowest BCUT2D eigenvalue weighted by atomic mass is 9.92. The average molecular weight is 467 g/mol. The highest BCUT2D eigenvalue weighted by molar-refractivity contribution is 5.79. The molecule has 2 aromatic carbocycles. The molecule has 0 bridgehead atoms. The molecule has 3 aromatic rings. The van der Waals surface area contributed by atoms with Gasteiger partial charge in [-0.05, 0) is 55.7 Å². The van der Waals surface area contributed by atoms with E-state index in [0.29, 0.717) is 24.2 Å². The summed E-state index contributed by atoms with van der Waals surface area (Å²) in [5, 5.41) is 10.1. The Morgan fingerprint density at radius 3 is 2.62 bits per heavy atom. The third-order valence-electron chi connectivity index (χ3n) is 6.09. The first-order valence-corrected chi connectivity index (χ1v) is 11.5. The summed E-state index contributed by atoms with van der Waals surface area (Å²) in [5.41, 5.74) is 4.10. The molecular formula is C26H30N2O6. The van der Waals surface area contributed by atoms with Crippen LogP contribution < -0.4 is 15.8 Å². The summed E-state index contributed by atoms with van der Waals surface area (Å²) < 4.78 is 16.6. The Hall–Kier alpha value is -3.20. The third kappa shape index (κ3) is 6.22. The molecule has 1 atom stereocenters. The molecule has 0 saturated carbocycles. The molecule has 180 valence electrons. The fourth-order valence-corrected chi connectivity index (χ4v) is 4.17. The predicted octanol–water partition coefficient (Wildman–Crippen LogP) is 2.72. The molecule has 0 radical (unpaired) electrons. The van der Waals surface area contributed by atoms with Gasteiger partial charge in [-0.2, -0.15) is 0 Å². The van der Waals surface area contributed by atoms with Gasteiger partial charge in [0.1, 0.15) is 17.9 Å². The van der Waals surface area contributed by atoms with E-state index in [-0.39, 0.29) is 6.42 Å². The molecular weight excluding hydrogens is 436 g/mol. The van der Waals surface area contributed by atoms with Gasteiger partial charge in [0.15, 0.2) is 0 Å². The number of benzene rings is 2. The lowest BCUT2D eigenvalue weighted by Gasteiger charge is -2.26. The minimum atomic E-state index is -0.636. The van der Waals surface area contributed by atoms with Crippen LogP contribution in [-0.2, 0) is 22.4 Å². The van der Waals surface area contributed by atoms with Gasteiger partial charge in [-0.1, -0.05) is 23.8 Å². The van der Waals surface area contributed by atoms with Crippen LogP contribution in [0.5, 0.6) is 5.75 Å². The van der Waals surface area contributed by atoms with Crippen LogP contribution in [0.1, 0.15) is 16.7 Å². The van der Waals surface area contributed by atoms with Gasteiger partial charge in [-0.3, -0.25) is 14.9 Å². The summed E-state index contributed by atoms with van der Waals surface area (Å²) in [7, 11) is 0. The molecule has 34 heavy (non-hydrogen) atoms. The number of rotatable bonds is 9. The van der Waals surface area contributed by atoms with Crippen molar-refractivity contribution >= 4 is 16.9 Å². The van der Waals surface area contributed by atoms with Crippen molar-refractivity contribution < 1.29 is 23.9 Å². The Morgan fingerprint density at radius 1 is 1.12 bits per heavy atom. The molecule has 0 spiro atoms. The fraction of sp³-hybridized carbons (Fsp3) is 0.385. The van der Waals surface area contributed by atoms with Gasteiger partial charge in [-0.25, -0.2) is 10.3 Å². The summed E-state index contributed by atoms with van der Waals surface area (Å²) in [6, 6.07) is 14.9. The summed E-state index contributed by atoms with van der Waals surface area (Å²) in [6.45, 7) is 6.76. The second-order valence-electron chi connectivity index (χ2n) is 8.63. The zero-order valence-electron chi connectivity index (χ0n) is 19.3. The summed E-state index contributed by atoms with van der Waals surface area (Å²) in [4.78, 5) is 27.2. The zero-order chi connectivity index (χ0) is 23.9. The van der Waals surface area contributed by atoms with E-state index in [1.165, 1.54) is 0 Å². The Bertz CT molecular complexity index is 1170. The molecule has 1 saturated heterocycles. The number of aryl methyl sites for hydroxylation is 1. The van der Waals surface area contributed by atoms with Crippen molar-refractivity contribution in [1.82, 2.24) is 10.4 Å². The number of ether oxygens (including phenoxy) is 2. The second kappa shape index (κ2) is 11.3. The highest BCUT2D eigenvalue weighted by Crippen LogP contribution is 2.20. The Balaban J connectivity index is 1.40. The highest BCUT2D eigenvalue weighted by atomic mass is 16.5. The van der Waals surface area contributed by atoms with E-state index >= 15 is 0 Å². The molecule has 1 amide bonds. The van der Waals surface area contributed by atoms with Crippen LogP contribution in [0.15, 0.2) is 57.7 Å². The van der Waals surface area contributed by atoms with Crippen LogP contribution >= 0.6 is 0 Å². The Labute approximate surface area is 198 Å². The molecule has 4 rings (SSSR count). The number of hydroxylamine groups is 1. The van der Waals surface area contributed by atoms with Crippen molar-refractivity contribution in [2.45, 2.75) is 19.8 Å². The van der Waals surface area contributed by atoms with Gasteiger partial charge in [0.25, 0.3) is 0 Å². The van der Waals surface area contributed by atoms with Crippen molar-refractivity contribution in [3.05, 3.63) is 75.6 Å². The first-order valence-electron chi connectivity index (χ1n) is 11.5. The second-order valence-corrected chi connectivity index (χ2v) is 8.63. The van der Waals surface area contributed by atoms with Crippen molar-refractivity contribution in [1.29, 1.82) is 0 Å². The molecule has 0 aliphatic carbocycles. The maximum atomic E-state index is 12.5. The van der Waals surface area contributed by atoms with Crippen molar-refractivity contribution in [3.63, 3.8) is 0 Å². The van der Waals surface area contributed by atoms with Gasteiger partial charge >= 0.3 is 5.63 Å². The number of hydrogen-bond donors (Lipinski definition) is 2. The maximum Gasteiger partial charge on any atom is 0.339 e. The number of fused-ring (bicyclic) bond motifs is 1. The molecule has 1 aromatic heterocycles. The predicted molar refractivity (Wildman–Crippen MR) is 127 cm³/mol. The molecule has 1 aliphatic heterocycles. The lowest BCUT2D eigenvalue weighted by Crippen LogP contribution is -2.38. The van der Waals surface area contributed by atoms with Gasteiger partial charge in [-0.15, -0.1) is 0 Å². The van der Waals surface area contributed by atoms with Gasteiger partial charge in [0, 0.05) is 36.5 Å². The monoisotopic (exact) mass is 466 g/mol. The van der Waals surface area contributed by atoms with Crippen LogP contribution in [0.2, 0.25) is 0 Å². The number of nitrogens with one attached hydrogen (secondary N) is 1. The molecule has 1 aliphatic rings. The van der Waals surface area contributed by atoms with E-state index < -0.39 is 17.5 Å². The summed E-state index contributed by atoms with van der Waals surface area (Å²) in [5.74, 6) is -0.427. The first kappa shape index (κ1) is 23.9. The van der Waals surface area contributed by atoms with Crippen molar-refractivity contribution in [3.8, 4) is 5.75 Å². The van der Waals surface area contributed by atoms with Gasteiger partial charge in [0.05, 0.1) is 13.2 Å². The number of amides is 1. The quantitative estimate of drug-likeness (QED) is 0.284. The van der Waals surface area contributed by atoms with Crippen molar-refractivity contribution in [2.24, 2.45) is 5.92 Å². The zero-order valence-corrected chi connectivity index (χ0v) is 19.3. The topological polar surface area (TPSA) is 101 Å². The molecule has 8 nitrogen and oxygen atoms in total. The smallest absolute Gasteiger partial charge is 0.339 e. The van der Waals surface area contributed by atoms with E-state index in [4.69, 9.17) is 13.9 Å². The summed E-state index contributed by atoms with van der Waals surface area (Å²) in [6.07, 6.45) is 0.502.